The van der Waals surface area contributed by atoms with Gasteiger partial charge >= 0.3 is 5.97 Å². The minimum Gasteiger partial charge on any atom is -0.465 e. The largest absolute Gasteiger partial charge is 0.465 e. The molecule has 6 nitrogen and oxygen atoms in total. The number of sulfonamides is 1. The van der Waals surface area contributed by atoms with Gasteiger partial charge in [0, 0.05) is 6.04 Å². The SMILES string of the molecule is COC(=O)c1sccc1S(=O)(=O)N[C@@H]1CCC[C@H](O)C1. The first-order chi connectivity index (χ1) is 9.44. The van der Waals surface area contributed by atoms with E-state index in [1.807, 2.05) is 0 Å². The Balaban J connectivity index is 2.18. The minimum absolute atomic E-state index is 0.0607. The van der Waals surface area contributed by atoms with E-state index < -0.39 is 22.1 Å². The molecule has 2 atom stereocenters. The van der Waals surface area contributed by atoms with Crippen molar-refractivity contribution in [1.82, 2.24) is 4.72 Å². The smallest absolute Gasteiger partial charge is 0.349 e. The standard InChI is InChI=1S/C12H17NO5S2/c1-18-12(15)11-10(5-6-19-11)20(16,17)13-8-3-2-4-9(14)7-8/h5-6,8-9,13-14H,2-4,7H2,1H3/t8-,9+/m1/s1. The highest BCUT2D eigenvalue weighted by Crippen LogP contribution is 2.25. The van der Waals surface area contributed by atoms with Gasteiger partial charge in [-0.05, 0) is 37.1 Å². The molecule has 0 bridgehead atoms. The van der Waals surface area contributed by atoms with Crippen LogP contribution in [0.1, 0.15) is 35.4 Å². The molecule has 1 heterocycles. The molecule has 0 aliphatic heterocycles. The first-order valence-corrected chi connectivity index (χ1v) is 8.66. The van der Waals surface area contributed by atoms with Crippen molar-refractivity contribution in [3.63, 3.8) is 0 Å². The number of ether oxygens (including phenoxy) is 1. The Hall–Kier alpha value is -0.960. The lowest BCUT2D eigenvalue weighted by molar-refractivity contribution is 0.0602. The second-order valence-electron chi connectivity index (χ2n) is 4.74. The number of methoxy groups -OCH3 is 1. The van der Waals surface area contributed by atoms with Gasteiger partial charge < -0.3 is 9.84 Å². The predicted octanol–water partition coefficient (Wildman–Crippen LogP) is 1.12. The van der Waals surface area contributed by atoms with Crippen molar-refractivity contribution in [3.05, 3.63) is 16.3 Å². The molecule has 0 spiro atoms. The number of aliphatic hydroxyl groups is 1. The van der Waals surface area contributed by atoms with E-state index in [0.717, 1.165) is 17.8 Å². The zero-order chi connectivity index (χ0) is 14.8. The van der Waals surface area contributed by atoms with Crippen LogP contribution in [-0.4, -0.2) is 38.7 Å². The van der Waals surface area contributed by atoms with E-state index in [-0.39, 0.29) is 15.8 Å². The Morgan fingerprint density at radius 2 is 2.25 bits per heavy atom. The normalized spacial score (nSPS) is 23.5. The molecule has 2 N–H and O–H groups in total. The Labute approximate surface area is 121 Å². The molecular weight excluding hydrogens is 302 g/mol. The van der Waals surface area contributed by atoms with Crippen molar-refractivity contribution in [2.75, 3.05) is 7.11 Å². The number of esters is 1. The monoisotopic (exact) mass is 319 g/mol. The summed E-state index contributed by atoms with van der Waals surface area (Å²) in [4.78, 5) is 11.5. The van der Waals surface area contributed by atoms with Crippen molar-refractivity contribution in [3.8, 4) is 0 Å². The van der Waals surface area contributed by atoms with Crippen LogP contribution in [0.15, 0.2) is 16.3 Å². The van der Waals surface area contributed by atoms with E-state index in [9.17, 15) is 18.3 Å². The molecule has 0 amide bonds. The molecule has 1 aliphatic rings. The number of rotatable bonds is 4. The van der Waals surface area contributed by atoms with Crippen LogP contribution in [-0.2, 0) is 14.8 Å². The van der Waals surface area contributed by atoms with E-state index in [1.165, 1.54) is 18.6 Å². The van der Waals surface area contributed by atoms with Gasteiger partial charge in [-0.25, -0.2) is 17.9 Å². The van der Waals surface area contributed by atoms with Crippen molar-refractivity contribution in [1.29, 1.82) is 0 Å². The van der Waals surface area contributed by atoms with Crippen LogP contribution in [0.25, 0.3) is 0 Å². The third kappa shape index (κ3) is 3.38. The highest BCUT2D eigenvalue weighted by atomic mass is 32.2. The fourth-order valence-electron chi connectivity index (χ4n) is 2.30. The molecule has 1 fully saturated rings. The Kier molecular flexibility index (Phi) is 4.79. The highest BCUT2D eigenvalue weighted by Gasteiger charge is 2.29. The van der Waals surface area contributed by atoms with Gasteiger partial charge in [-0.15, -0.1) is 11.3 Å². The number of hydrogen-bond acceptors (Lipinski definition) is 6. The first kappa shape index (κ1) is 15.4. The van der Waals surface area contributed by atoms with E-state index in [4.69, 9.17) is 0 Å². The predicted molar refractivity (Wildman–Crippen MR) is 74.2 cm³/mol. The summed E-state index contributed by atoms with van der Waals surface area (Å²) in [6.07, 6.45) is 2.09. The van der Waals surface area contributed by atoms with E-state index in [0.29, 0.717) is 19.3 Å². The summed E-state index contributed by atoms with van der Waals surface area (Å²) in [7, 11) is -2.57. The first-order valence-electron chi connectivity index (χ1n) is 6.30. The van der Waals surface area contributed by atoms with Crippen molar-refractivity contribution < 1.29 is 23.1 Å². The molecule has 0 aromatic carbocycles. The fraction of sp³-hybridized carbons (Fsp3) is 0.583. The highest BCUT2D eigenvalue weighted by molar-refractivity contribution is 7.89. The molecule has 8 heteroatoms. The van der Waals surface area contributed by atoms with Gasteiger partial charge in [-0.3, -0.25) is 0 Å². The molecule has 1 aliphatic carbocycles. The lowest BCUT2D eigenvalue weighted by Gasteiger charge is -2.26. The number of thiophene rings is 1. The van der Waals surface area contributed by atoms with Gasteiger partial charge in [0.15, 0.2) is 0 Å². The zero-order valence-corrected chi connectivity index (χ0v) is 12.7. The maximum Gasteiger partial charge on any atom is 0.349 e. The van der Waals surface area contributed by atoms with Crippen molar-refractivity contribution in [2.45, 2.75) is 42.7 Å². The number of hydrogen-bond donors (Lipinski definition) is 2. The molecule has 0 radical (unpaired) electrons. The quantitative estimate of drug-likeness (QED) is 0.811. The fourth-order valence-corrected chi connectivity index (χ4v) is 4.92. The van der Waals surface area contributed by atoms with Crippen molar-refractivity contribution >= 4 is 27.3 Å². The summed E-state index contributed by atoms with van der Waals surface area (Å²) < 4.78 is 31.8. The molecule has 1 aromatic heterocycles. The Bertz CT molecular complexity index is 580. The van der Waals surface area contributed by atoms with Gasteiger partial charge in [0.25, 0.3) is 0 Å². The van der Waals surface area contributed by atoms with E-state index >= 15 is 0 Å². The van der Waals surface area contributed by atoms with Crippen LogP contribution in [0, 0.1) is 0 Å². The Morgan fingerprint density at radius 1 is 1.50 bits per heavy atom. The lowest BCUT2D eigenvalue weighted by atomic mass is 9.94. The van der Waals surface area contributed by atoms with Crippen LogP contribution in [0.2, 0.25) is 0 Å². The maximum absolute atomic E-state index is 12.3. The van der Waals surface area contributed by atoms with E-state index in [1.54, 1.807) is 0 Å². The second kappa shape index (κ2) is 6.21. The summed E-state index contributed by atoms with van der Waals surface area (Å²) >= 11 is 1.03. The maximum atomic E-state index is 12.3. The topological polar surface area (TPSA) is 92.7 Å². The average molecular weight is 319 g/mol. The summed E-state index contributed by atoms with van der Waals surface area (Å²) in [5, 5.41) is 11.1. The van der Waals surface area contributed by atoms with Gasteiger partial charge in [0.1, 0.15) is 9.77 Å². The van der Waals surface area contributed by atoms with Crippen molar-refractivity contribution in [2.24, 2.45) is 0 Å². The molecule has 1 aromatic rings. The summed E-state index contributed by atoms with van der Waals surface area (Å²) in [6.45, 7) is 0. The van der Waals surface area contributed by atoms with Gasteiger partial charge in [-0.1, -0.05) is 0 Å². The van der Waals surface area contributed by atoms with Gasteiger partial charge in [-0.2, -0.15) is 0 Å². The second-order valence-corrected chi connectivity index (χ2v) is 7.34. The molecule has 20 heavy (non-hydrogen) atoms. The van der Waals surface area contributed by atoms with Gasteiger partial charge in [0.2, 0.25) is 10.0 Å². The molecule has 112 valence electrons. The summed E-state index contributed by atoms with van der Waals surface area (Å²) in [5.41, 5.74) is 0. The van der Waals surface area contributed by atoms with E-state index in [2.05, 4.69) is 9.46 Å². The summed E-state index contributed by atoms with van der Waals surface area (Å²) in [6, 6.07) is 1.09. The van der Waals surface area contributed by atoms with Gasteiger partial charge in [0.05, 0.1) is 13.2 Å². The van der Waals surface area contributed by atoms with Crippen LogP contribution in [0.5, 0.6) is 0 Å². The molecule has 0 saturated heterocycles. The third-order valence-corrected chi connectivity index (χ3v) is 5.84. The third-order valence-electron chi connectivity index (χ3n) is 3.26. The molecular formula is C12H17NO5S2. The number of nitrogens with one attached hydrogen (secondary N) is 1. The molecule has 0 unspecified atom stereocenters. The number of aliphatic hydroxyl groups excluding tert-OH is 1. The number of carbonyl (C=O) groups excluding carboxylic acids is 1. The molecule has 2 rings (SSSR count). The number of carbonyl (C=O) groups is 1. The molecule has 1 saturated carbocycles. The Morgan fingerprint density at radius 3 is 2.90 bits per heavy atom. The summed E-state index contributed by atoms with van der Waals surface area (Å²) in [5.74, 6) is -0.663. The van der Waals surface area contributed by atoms with Crippen LogP contribution in [0.3, 0.4) is 0 Å². The van der Waals surface area contributed by atoms with Crippen LogP contribution in [0.4, 0.5) is 0 Å². The minimum atomic E-state index is -3.78. The average Bonchev–Trinajstić information content (AvgIpc) is 2.87. The zero-order valence-electron chi connectivity index (χ0n) is 11.0. The lowest BCUT2D eigenvalue weighted by Crippen LogP contribution is -2.39. The van der Waals surface area contributed by atoms with Crippen LogP contribution < -0.4 is 4.72 Å². The van der Waals surface area contributed by atoms with Crippen LogP contribution >= 0.6 is 11.3 Å².